The fourth-order valence-corrected chi connectivity index (χ4v) is 1.33. The normalized spacial score (nSPS) is 11.1. The van der Waals surface area contributed by atoms with Crippen LogP contribution in [-0.2, 0) is 13.0 Å². The zero-order chi connectivity index (χ0) is 9.68. The van der Waals surface area contributed by atoms with Crippen LogP contribution in [0.2, 0.25) is 0 Å². The number of nitrogens with one attached hydrogen (secondary N) is 1. The highest BCUT2D eigenvalue weighted by molar-refractivity contribution is 5.16. The molecule has 2 heteroatoms. The van der Waals surface area contributed by atoms with Crippen molar-refractivity contribution < 1.29 is 4.42 Å². The summed E-state index contributed by atoms with van der Waals surface area (Å²) in [6.07, 6.45) is 2.75. The Bertz CT molecular complexity index is 240. The quantitative estimate of drug-likeness (QED) is 0.755. The van der Waals surface area contributed by atoms with Crippen molar-refractivity contribution in [3.8, 4) is 0 Å². The van der Waals surface area contributed by atoms with E-state index in [-0.39, 0.29) is 0 Å². The Labute approximate surface area is 80.3 Å². The van der Waals surface area contributed by atoms with Crippen LogP contribution in [0.1, 0.15) is 32.1 Å². The fraction of sp³-hybridized carbons (Fsp3) is 0.636. The van der Waals surface area contributed by atoms with Crippen molar-refractivity contribution in [1.29, 1.82) is 0 Å². The van der Waals surface area contributed by atoms with Gasteiger partial charge in [0, 0.05) is 18.5 Å². The Balaban J connectivity index is 2.36. The van der Waals surface area contributed by atoms with Gasteiger partial charge in [-0.15, -0.1) is 0 Å². The van der Waals surface area contributed by atoms with Gasteiger partial charge in [0.1, 0.15) is 5.76 Å². The van der Waals surface area contributed by atoms with Gasteiger partial charge in [0.2, 0.25) is 0 Å². The lowest BCUT2D eigenvalue weighted by atomic mass is 10.2. The summed E-state index contributed by atoms with van der Waals surface area (Å²) in [5.74, 6) is 1.81. The lowest BCUT2D eigenvalue weighted by Crippen LogP contribution is -2.19. The minimum absolute atomic E-state index is 0.706. The summed E-state index contributed by atoms with van der Waals surface area (Å²) < 4.78 is 5.33. The van der Waals surface area contributed by atoms with Crippen LogP contribution < -0.4 is 5.32 Å². The first kappa shape index (κ1) is 10.3. The molecule has 2 nitrogen and oxygen atoms in total. The Morgan fingerprint density at radius 2 is 2.23 bits per heavy atom. The smallest absolute Gasteiger partial charge is 0.107 e. The number of rotatable bonds is 5. The topological polar surface area (TPSA) is 25.2 Å². The Morgan fingerprint density at radius 3 is 2.85 bits per heavy atom. The fourth-order valence-electron chi connectivity index (χ4n) is 1.33. The molecule has 0 radical (unpaired) electrons. The molecule has 0 spiro atoms. The largest absolute Gasteiger partial charge is 0.469 e. The van der Waals surface area contributed by atoms with Crippen molar-refractivity contribution in [2.45, 2.75) is 33.7 Å². The minimum atomic E-state index is 0.706. The van der Waals surface area contributed by atoms with Gasteiger partial charge in [-0.25, -0.2) is 0 Å². The van der Waals surface area contributed by atoms with Crippen molar-refractivity contribution >= 4 is 0 Å². The molecule has 1 N–H and O–H groups in total. The van der Waals surface area contributed by atoms with E-state index >= 15 is 0 Å². The monoisotopic (exact) mass is 181 g/mol. The van der Waals surface area contributed by atoms with E-state index in [4.69, 9.17) is 4.42 Å². The lowest BCUT2D eigenvalue weighted by molar-refractivity contribution is 0.502. The van der Waals surface area contributed by atoms with E-state index in [9.17, 15) is 0 Å². The van der Waals surface area contributed by atoms with E-state index in [1.54, 1.807) is 6.26 Å². The zero-order valence-corrected chi connectivity index (χ0v) is 8.76. The second kappa shape index (κ2) is 5.07. The molecule has 1 heterocycles. The van der Waals surface area contributed by atoms with Crippen LogP contribution in [0.15, 0.2) is 16.7 Å². The van der Waals surface area contributed by atoms with Gasteiger partial charge >= 0.3 is 0 Å². The van der Waals surface area contributed by atoms with E-state index in [1.165, 1.54) is 5.56 Å². The van der Waals surface area contributed by atoms with Crippen LogP contribution in [0.5, 0.6) is 0 Å². The first-order valence-corrected chi connectivity index (χ1v) is 5.00. The van der Waals surface area contributed by atoms with Crippen LogP contribution in [0.25, 0.3) is 0 Å². The summed E-state index contributed by atoms with van der Waals surface area (Å²) >= 11 is 0. The highest BCUT2D eigenvalue weighted by Crippen LogP contribution is 2.10. The molecule has 0 saturated heterocycles. The predicted octanol–water partition coefficient (Wildman–Crippen LogP) is 2.59. The van der Waals surface area contributed by atoms with E-state index in [2.05, 4.69) is 26.1 Å². The molecule has 0 aliphatic carbocycles. The van der Waals surface area contributed by atoms with Gasteiger partial charge < -0.3 is 9.73 Å². The van der Waals surface area contributed by atoms with Gasteiger partial charge in [-0.1, -0.05) is 20.8 Å². The summed E-state index contributed by atoms with van der Waals surface area (Å²) in [6, 6.07) is 2.05. The van der Waals surface area contributed by atoms with Gasteiger partial charge in [0.05, 0.1) is 6.26 Å². The number of aryl methyl sites for hydroxylation is 1. The SMILES string of the molecule is CCc1occc1CNCC(C)C. The van der Waals surface area contributed by atoms with Gasteiger partial charge in [-0.2, -0.15) is 0 Å². The van der Waals surface area contributed by atoms with E-state index in [0.717, 1.165) is 25.3 Å². The maximum absolute atomic E-state index is 5.33. The second-order valence-corrected chi connectivity index (χ2v) is 3.75. The summed E-state index contributed by atoms with van der Waals surface area (Å²) in [5.41, 5.74) is 1.29. The second-order valence-electron chi connectivity index (χ2n) is 3.75. The maximum Gasteiger partial charge on any atom is 0.107 e. The van der Waals surface area contributed by atoms with E-state index in [1.807, 2.05) is 6.07 Å². The Kier molecular flexibility index (Phi) is 4.03. The third kappa shape index (κ3) is 3.23. The average molecular weight is 181 g/mol. The molecule has 0 aliphatic heterocycles. The van der Waals surface area contributed by atoms with Gasteiger partial charge in [0.25, 0.3) is 0 Å². The molecule has 0 fully saturated rings. The van der Waals surface area contributed by atoms with Crippen molar-refractivity contribution in [3.05, 3.63) is 23.7 Å². The third-order valence-electron chi connectivity index (χ3n) is 2.03. The number of hydrogen-bond acceptors (Lipinski definition) is 2. The number of furan rings is 1. The maximum atomic E-state index is 5.33. The highest BCUT2D eigenvalue weighted by atomic mass is 16.3. The summed E-state index contributed by atoms with van der Waals surface area (Å²) in [6.45, 7) is 8.53. The van der Waals surface area contributed by atoms with Crippen LogP contribution in [0, 0.1) is 5.92 Å². The molecule has 74 valence electrons. The zero-order valence-electron chi connectivity index (χ0n) is 8.76. The van der Waals surface area contributed by atoms with Crippen LogP contribution in [-0.4, -0.2) is 6.54 Å². The Hall–Kier alpha value is -0.760. The van der Waals surface area contributed by atoms with Crippen LogP contribution in [0.4, 0.5) is 0 Å². The molecule has 0 unspecified atom stereocenters. The molecule has 0 aromatic carbocycles. The number of hydrogen-bond donors (Lipinski definition) is 1. The average Bonchev–Trinajstić information content (AvgIpc) is 2.51. The van der Waals surface area contributed by atoms with E-state index < -0.39 is 0 Å². The lowest BCUT2D eigenvalue weighted by Gasteiger charge is -2.06. The standard InChI is InChI=1S/C11H19NO/c1-4-11-10(5-6-13-11)8-12-7-9(2)3/h5-6,9,12H,4,7-8H2,1-3H3. The molecular formula is C11H19NO. The molecule has 1 aromatic rings. The van der Waals surface area contributed by atoms with Crippen molar-refractivity contribution in [2.75, 3.05) is 6.54 Å². The van der Waals surface area contributed by atoms with Gasteiger partial charge in [-0.3, -0.25) is 0 Å². The van der Waals surface area contributed by atoms with Crippen LogP contribution in [0.3, 0.4) is 0 Å². The molecule has 0 aliphatic rings. The van der Waals surface area contributed by atoms with E-state index in [0.29, 0.717) is 5.92 Å². The molecule has 0 bridgehead atoms. The summed E-state index contributed by atoms with van der Waals surface area (Å²) in [4.78, 5) is 0. The molecule has 0 amide bonds. The summed E-state index contributed by atoms with van der Waals surface area (Å²) in [7, 11) is 0. The van der Waals surface area contributed by atoms with Crippen LogP contribution >= 0.6 is 0 Å². The first-order chi connectivity index (χ1) is 6.24. The molecule has 1 aromatic heterocycles. The predicted molar refractivity (Wildman–Crippen MR) is 54.6 cm³/mol. The summed E-state index contributed by atoms with van der Waals surface area (Å²) in [5, 5.41) is 3.40. The molecule has 0 saturated carbocycles. The van der Waals surface area contributed by atoms with Gasteiger partial charge in [-0.05, 0) is 18.5 Å². The molecule has 13 heavy (non-hydrogen) atoms. The highest BCUT2D eigenvalue weighted by Gasteiger charge is 2.03. The van der Waals surface area contributed by atoms with Crippen molar-refractivity contribution in [3.63, 3.8) is 0 Å². The van der Waals surface area contributed by atoms with Crippen molar-refractivity contribution in [1.82, 2.24) is 5.32 Å². The van der Waals surface area contributed by atoms with Crippen molar-refractivity contribution in [2.24, 2.45) is 5.92 Å². The molecular weight excluding hydrogens is 162 g/mol. The Morgan fingerprint density at radius 1 is 1.46 bits per heavy atom. The molecule has 0 atom stereocenters. The minimum Gasteiger partial charge on any atom is -0.469 e. The third-order valence-corrected chi connectivity index (χ3v) is 2.03. The van der Waals surface area contributed by atoms with Gasteiger partial charge in [0.15, 0.2) is 0 Å². The first-order valence-electron chi connectivity index (χ1n) is 5.00. The molecule has 1 rings (SSSR count).